The zero-order valence-electron chi connectivity index (χ0n) is 17.2. The predicted molar refractivity (Wildman–Crippen MR) is 116 cm³/mol. The maximum atomic E-state index is 13.1. The van der Waals surface area contributed by atoms with Crippen molar-refractivity contribution >= 4 is 28.5 Å². The summed E-state index contributed by atoms with van der Waals surface area (Å²) in [4.78, 5) is 27.7. The van der Waals surface area contributed by atoms with Crippen LogP contribution in [0.25, 0.3) is 11.0 Å². The number of benzene rings is 2. The highest BCUT2D eigenvalue weighted by Crippen LogP contribution is 2.32. The second kappa shape index (κ2) is 8.64. The number of anilines is 1. The Morgan fingerprint density at radius 3 is 2.56 bits per heavy atom. The van der Waals surface area contributed by atoms with Crippen molar-refractivity contribution in [3.05, 3.63) is 77.8 Å². The van der Waals surface area contributed by atoms with Crippen LogP contribution in [-0.2, 0) is 11.3 Å². The zero-order valence-corrected chi connectivity index (χ0v) is 17.2. The lowest BCUT2D eigenvalue weighted by Gasteiger charge is -2.26. The first-order valence-corrected chi connectivity index (χ1v) is 10.3. The van der Waals surface area contributed by atoms with Crippen LogP contribution in [0.15, 0.2) is 65.2 Å². The molecule has 2 amide bonds. The molecule has 0 unspecified atom stereocenters. The fourth-order valence-electron chi connectivity index (χ4n) is 3.66. The SMILES string of the molecule is O=C(Nc1c(C(=O)N2CCOCC2)oc2ccccc12)c1cn(Cc2ccccc2)nn1. The Morgan fingerprint density at radius 1 is 1.00 bits per heavy atom. The molecule has 4 aromatic rings. The molecule has 0 atom stereocenters. The predicted octanol–water partition coefficient (Wildman–Crippen LogP) is 2.80. The van der Waals surface area contributed by atoms with E-state index in [-0.39, 0.29) is 17.4 Å². The normalized spacial score (nSPS) is 13.9. The van der Waals surface area contributed by atoms with Gasteiger partial charge < -0.3 is 19.4 Å². The third kappa shape index (κ3) is 3.97. The van der Waals surface area contributed by atoms with Crippen molar-refractivity contribution in [2.75, 3.05) is 31.6 Å². The van der Waals surface area contributed by atoms with Gasteiger partial charge in [-0.1, -0.05) is 47.7 Å². The molecule has 2 aromatic carbocycles. The Balaban J connectivity index is 1.41. The molecule has 5 rings (SSSR count). The van der Waals surface area contributed by atoms with E-state index in [0.29, 0.717) is 49.5 Å². The largest absolute Gasteiger partial charge is 0.449 e. The summed E-state index contributed by atoms with van der Waals surface area (Å²) in [5, 5.41) is 11.5. The number of carbonyl (C=O) groups is 2. The third-order valence-electron chi connectivity index (χ3n) is 5.29. The highest BCUT2D eigenvalue weighted by atomic mass is 16.5. The molecular weight excluding hydrogens is 410 g/mol. The summed E-state index contributed by atoms with van der Waals surface area (Å²) in [5.74, 6) is -0.655. The maximum absolute atomic E-state index is 13.1. The fraction of sp³-hybridized carbons (Fsp3) is 0.217. The Bertz CT molecular complexity index is 1260. The quantitative estimate of drug-likeness (QED) is 0.521. The average molecular weight is 431 g/mol. The lowest BCUT2D eigenvalue weighted by atomic mass is 10.2. The highest BCUT2D eigenvalue weighted by Gasteiger charge is 2.28. The summed E-state index contributed by atoms with van der Waals surface area (Å²) in [5.41, 5.74) is 2.05. The van der Waals surface area contributed by atoms with Gasteiger partial charge >= 0.3 is 0 Å². The van der Waals surface area contributed by atoms with Crippen molar-refractivity contribution in [3.63, 3.8) is 0 Å². The molecule has 1 fully saturated rings. The minimum Gasteiger partial charge on any atom is -0.449 e. The summed E-state index contributed by atoms with van der Waals surface area (Å²) in [6.07, 6.45) is 1.58. The second-order valence-electron chi connectivity index (χ2n) is 7.45. The number of hydrogen-bond acceptors (Lipinski definition) is 6. The van der Waals surface area contributed by atoms with Crippen molar-refractivity contribution in [2.45, 2.75) is 6.54 Å². The monoisotopic (exact) mass is 431 g/mol. The third-order valence-corrected chi connectivity index (χ3v) is 5.29. The van der Waals surface area contributed by atoms with Gasteiger partial charge in [-0.05, 0) is 17.7 Å². The van der Waals surface area contributed by atoms with Crippen LogP contribution in [0.3, 0.4) is 0 Å². The Hall–Kier alpha value is -3.98. The van der Waals surface area contributed by atoms with Crippen molar-refractivity contribution in [2.24, 2.45) is 0 Å². The fourth-order valence-corrected chi connectivity index (χ4v) is 3.66. The number of aromatic nitrogens is 3. The van der Waals surface area contributed by atoms with Crippen LogP contribution < -0.4 is 5.32 Å². The number of nitrogens with one attached hydrogen (secondary N) is 1. The molecule has 32 heavy (non-hydrogen) atoms. The van der Waals surface area contributed by atoms with Gasteiger partial charge in [0.2, 0.25) is 5.76 Å². The number of hydrogen-bond donors (Lipinski definition) is 1. The van der Waals surface area contributed by atoms with Gasteiger partial charge in [0.15, 0.2) is 5.69 Å². The number of fused-ring (bicyclic) bond motifs is 1. The summed E-state index contributed by atoms with van der Waals surface area (Å²) in [7, 11) is 0. The molecule has 9 nitrogen and oxygen atoms in total. The van der Waals surface area contributed by atoms with E-state index < -0.39 is 5.91 Å². The van der Waals surface area contributed by atoms with Crippen LogP contribution in [0.2, 0.25) is 0 Å². The van der Waals surface area contributed by atoms with Crippen molar-refractivity contribution in [1.29, 1.82) is 0 Å². The van der Waals surface area contributed by atoms with E-state index in [0.717, 1.165) is 5.56 Å². The number of ether oxygens (including phenoxy) is 1. The first kappa shape index (κ1) is 20.0. The van der Waals surface area contributed by atoms with E-state index in [4.69, 9.17) is 9.15 Å². The Morgan fingerprint density at radius 2 is 1.75 bits per heavy atom. The number of morpholine rings is 1. The van der Waals surface area contributed by atoms with Crippen molar-refractivity contribution in [1.82, 2.24) is 19.9 Å². The molecule has 3 heterocycles. The van der Waals surface area contributed by atoms with Crippen LogP contribution >= 0.6 is 0 Å². The average Bonchev–Trinajstić information content (AvgIpc) is 3.45. The van der Waals surface area contributed by atoms with Gasteiger partial charge in [0, 0.05) is 18.5 Å². The molecule has 2 aromatic heterocycles. The molecule has 1 saturated heterocycles. The topological polar surface area (TPSA) is 102 Å². The number of rotatable bonds is 5. The molecule has 0 bridgehead atoms. The highest BCUT2D eigenvalue weighted by molar-refractivity contribution is 6.13. The van der Waals surface area contributed by atoms with E-state index in [1.165, 1.54) is 0 Å². The molecule has 0 aliphatic carbocycles. The van der Waals surface area contributed by atoms with Crippen LogP contribution in [0.4, 0.5) is 5.69 Å². The van der Waals surface area contributed by atoms with Gasteiger partial charge in [-0.25, -0.2) is 4.68 Å². The van der Waals surface area contributed by atoms with Crippen LogP contribution in [0.5, 0.6) is 0 Å². The van der Waals surface area contributed by atoms with Gasteiger partial charge in [-0.2, -0.15) is 0 Å². The van der Waals surface area contributed by atoms with Gasteiger partial charge in [0.25, 0.3) is 11.8 Å². The summed E-state index contributed by atoms with van der Waals surface area (Å²) in [6, 6.07) is 17.0. The molecule has 162 valence electrons. The van der Waals surface area contributed by atoms with Gasteiger partial charge in [0.1, 0.15) is 11.3 Å². The maximum Gasteiger partial charge on any atom is 0.291 e. The molecule has 1 aliphatic rings. The van der Waals surface area contributed by atoms with E-state index >= 15 is 0 Å². The van der Waals surface area contributed by atoms with Gasteiger partial charge in [-0.3, -0.25) is 9.59 Å². The number of para-hydroxylation sites is 1. The molecular formula is C23H21N5O4. The van der Waals surface area contributed by atoms with Crippen LogP contribution in [0.1, 0.15) is 26.6 Å². The molecule has 1 aliphatic heterocycles. The summed E-state index contributed by atoms with van der Waals surface area (Å²) >= 11 is 0. The number of nitrogens with zero attached hydrogens (tertiary/aromatic N) is 4. The number of carbonyl (C=O) groups excluding carboxylic acids is 2. The Labute approximate surface area is 183 Å². The van der Waals surface area contributed by atoms with Gasteiger partial charge in [-0.15, -0.1) is 5.10 Å². The lowest BCUT2D eigenvalue weighted by Crippen LogP contribution is -2.40. The zero-order chi connectivity index (χ0) is 21.9. The van der Waals surface area contributed by atoms with E-state index in [9.17, 15) is 9.59 Å². The van der Waals surface area contributed by atoms with E-state index in [2.05, 4.69) is 15.6 Å². The number of furan rings is 1. The minimum absolute atomic E-state index is 0.0955. The van der Waals surface area contributed by atoms with Crippen molar-refractivity contribution < 1.29 is 18.7 Å². The summed E-state index contributed by atoms with van der Waals surface area (Å²) < 4.78 is 12.8. The van der Waals surface area contributed by atoms with E-state index in [1.54, 1.807) is 27.9 Å². The molecule has 1 N–H and O–H groups in total. The molecule has 9 heteroatoms. The lowest BCUT2D eigenvalue weighted by molar-refractivity contribution is 0.0285. The molecule has 0 saturated carbocycles. The smallest absolute Gasteiger partial charge is 0.291 e. The summed E-state index contributed by atoms with van der Waals surface area (Å²) in [6.45, 7) is 2.38. The van der Waals surface area contributed by atoms with Gasteiger partial charge in [0.05, 0.1) is 26.0 Å². The first-order chi connectivity index (χ1) is 15.7. The Kier molecular flexibility index (Phi) is 5.39. The van der Waals surface area contributed by atoms with E-state index in [1.807, 2.05) is 42.5 Å². The first-order valence-electron chi connectivity index (χ1n) is 10.3. The second-order valence-corrected chi connectivity index (χ2v) is 7.45. The molecule has 0 radical (unpaired) electrons. The van der Waals surface area contributed by atoms with Crippen LogP contribution in [0, 0.1) is 0 Å². The number of amides is 2. The van der Waals surface area contributed by atoms with Crippen LogP contribution in [-0.4, -0.2) is 58.0 Å². The standard InChI is InChI=1S/C23H21N5O4/c29-22(18-15-28(26-25-18)14-16-6-2-1-3-7-16)24-20-17-8-4-5-9-19(17)32-21(20)23(30)27-10-12-31-13-11-27/h1-9,15H,10-14H2,(H,24,29). The minimum atomic E-state index is -0.466. The van der Waals surface area contributed by atoms with Crippen molar-refractivity contribution in [3.8, 4) is 0 Å². The molecule has 0 spiro atoms.